The number of halogens is 4. The van der Waals surface area contributed by atoms with Crippen LogP contribution >= 0.6 is 23.4 Å². The monoisotopic (exact) mass is 537 g/mol. The van der Waals surface area contributed by atoms with Crippen LogP contribution in [-0.4, -0.2) is 32.3 Å². The molecule has 7 nitrogen and oxygen atoms in total. The van der Waals surface area contributed by atoms with Crippen LogP contribution in [0.5, 0.6) is 0 Å². The van der Waals surface area contributed by atoms with Gasteiger partial charge in [0.25, 0.3) is 5.91 Å². The van der Waals surface area contributed by atoms with Crippen molar-refractivity contribution in [3.05, 3.63) is 82.7 Å². The molecular formula is C24H23ClF3N5O2S. The van der Waals surface area contributed by atoms with Crippen molar-refractivity contribution >= 4 is 40.9 Å². The van der Waals surface area contributed by atoms with Gasteiger partial charge in [-0.2, -0.15) is 13.2 Å². The number of carbonyl (C=O) groups is 2. The molecule has 0 saturated heterocycles. The molecule has 3 aromatic rings. The summed E-state index contributed by atoms with van der Waals surface area (Å²) in [6.07, 6.45) is -2.95. The van der Waals surface area contributed by atoms with Crippen LogP contribution in [0.15, 0.2) is 60.3 Å². The van der Waals surface area contributed by atoms with Gasteiger partial charge in [0.05, 0.1) is 28.1 Å². The first-order valence-corrected chi connectivity index (χ1v) is 12.1. The lowest BCUT2D eigenvalue weighted by Gasteiger charge is -2.15. The smallest absolute Gasteiger partial charge is 0.342 e. The van der Waals surface area contributed by atoms with Crippen molar-refractivity contribution in [1.82, 2.24) is 20.1 Å². The molecule has 0 fully saturated rings. The number of hydrogen-bond acceptors (Lipinski definition) is 5. The summed E-state index contributed by atoms with van der Waals surface area (Å²) in [5, 5.41) is 13.9. The lowest BCUT2D eigenvalue weighted by Crippen LogP contribution is -2.28. The van der Waals surface area contributed by atoms with Gasteiger partial charge in [-0.1, -0.05) is 47.1 Å². The number of thioether (sulfide) groups is 1. The van der Waals surface area contributed by atoms with Crippen LogP contribution in [0.1, 0.15) is 40.3 Å². The van der Waals surface area contributed by atoms with Crippen LogP contribution in [-0.2, 0) is 17.5 Å². The summed E-state index contributed by atoms with van der Waals surface area (Å²) in [5.74, 6) is -0.551. The zero-order chi connectivity index (χ0) is 26.5. The number of benzene rings is 2. The van der Waals surface area contributed by atoms with Gasteiger partial charge in [-0.15, -0.1) is 16.8 Å². The van der Waals surface area contributed by atoms with E-state index in [4.69, 9.17) is 11.6 Å². The highest BCUT2D eigenvalue weighted by molar-refractivity contribution is 7.99. The van der Waals surface area contributed by atoms with Gasteiger partial charge in [-0.05, 0) is 44.2 Å². The van der Waals surface area contributed by atoms with Crippen molar-refractivity contribution in [2.45, 2.75) is 37.8 Å². The number of anilines is 1. The van der Waals surface area contributed by atoms with Crippen molar-refractivity contribution in [2.24, 2.45) is 0 Å². The van der Waals surface area contributed by atoms with Crippen LogP contribution in [0.4, 0.5) is 18.9 Å². The largest absolute Gasteiger partial charge is 0.416 e. The Bertz CT molecular complexity index is 1260. The number of nitrogens with zero attached hydrogens (tertiary/aromatic N) is 3. The standard InChI is InChI=1S/C24H23ClF3N5O2S/c1-4-11-33-21(15(3)29-22(35)16-7-5-14(2)6-8-16)31-32-23(33)36-13-20(34)30-19-12-17(24(26,27)28)9-10-18(19)25/h4-10,12,15H,1,11,13H2,2-3H3,(H,29,35)(H,30,34)/t15-/m0/s1. The normalized spacial score (nSPS) is 12.2. The molecular weight excluding hydrogens is 515 g/mol. The third-order valence-electron chi connectivity index (χ3n) is 5.01. The second-order valence-corrected chi connectivity index (χ2v) is 9.18. The molecule has 0 unspecified atom stereocenters. The molecule has 2 N–H and O–H groups in total. The number of rotatable bonds is 9. The van der Waals surface area contributed by atoms with E-state index in [1.54, 1.807) is 29.7 Å². The minimum absolute atomic E-state index is 0.0170. The second-order valence-electron chi connectivity index (χ2n) is 7.83. The number of alkyl halides is 3. The minimum atomic E-state index is -4.57. The molecule has 0 aliphatic carbocycles. The highest BCUT2D eigenvalue weighted by atomic mass is 35.5. The lowest BCUT2D eigenvalue weighted by molar-refractivity contribution is -0.137. The fourth-order valence-corrected chi connectivity index (χ4v) is 4.11. The van der Waals surface area contributed by atoms with Gasteiger partial charge >= 0.3 is 6.18 Å². The van der Waals surface area contributed by atoms with Gasteiger partial charge in [0, 0.05) is 12.1 Å². The number of aryl methyl sites for hydroxylation is 1. The topological polar surface area (TPSA) is 88.9 Å². The van der Waals surface area contributed by atoms with Crippen molar-refractivity contribution in [3.63, 3.8) is 0 Å². The van der Waals surface area contributed by atoms with Crippen molar-refractivity contribution in [3.8, 4) is 0 Å². The first-order valence-electron chi connectivity index (χ1n) is 10.7. The molecule has 0 aliphatic heterocycles. The average molecular weight is 538 g/mol. The minimum Gasteiger partial charge on any atom is -0.342 e. The van der Waals surface area contributed by atoms with Crippen molar-refractivity contribution in [2.75, 3.05) is 11.1 Å². The zero-order valence-electron chi connectivity index (χ0n) is 19.4. The third kappa shape index (κ3) is 6.88. The molecule has 2 amide bonds. The number of hydrogen-bond donors (Lipinski definition) is 2. The summed E-state index contributed by atoms with van der Waals surface area (Å²) in [6, 6.07) is 9.32. The summed E-state index contributed by atoms with van der Waals surface area (Å²) in [6.45, 7) is 7.72. The van der Waals surface area contributed by atoms with Crippen molar-refractivity contribution < 1.29 is 22.8 Å². The Morgan fingerprint density at radius 1 is 1.19 bits per heavy atom. The summed E-state index contributed by atoms with van der Waals surface area (Å²) < 4.78 is 40.6. The molecule has 1 heterocycles. The van der Waals surface area contributed by atoms with Crippen LogP contribution in [0.3, 0.4) is 0 Å². The van der Waals surface area contributed by atoms with Crippen LogP contribution in [0, 0.1) is 6.92 Å². The quantitative estimate of drug-likeness (QED) is 0.271. The number of aromatic nitrogens is 3. The predicted molar refractivity (Wildman–Crippen MR) is 133 cm³/mol. The highest BCUT2D eigenvalue weighted by Crippen LogP contribution is 2.34. The van der Waals surface area contributed by atoms with E-state index in [9.17, 15) is 22.8 Å². The van der Waals surface area contributed by atoms with E-state index >= 15 is 0 Å². The van der Waals surface area contributed by atoms with E-state index in [0.29, 0.717) is 23.1 Å². The summed E-state index contributed by atoms with van der Waals surface area (Å²) in [5.41, 5.74) is 0.470. The molecule has 190 valence electrons. The Hall–Kier alpha value is -3.31. The van der Waals surface area contributed by atoms with Crippen LogP contribution in [0.25, 0.3) is 0 Å². The summed E-state index contributed by atoms with van der Waals surface area (Å²) in [4.78, 5) is 25.0. The predicted octanol–water partition coefficient (Wildman–Crippen LogP) is 5.67. The maximum Gasteiger partial charge on any atom is 0.416 e. The Kier molecular flexibility index (Phi) is 8.80. The SMILES string of the molecule is C=CCn1c(SCC(=O)Nc2cc(C(F)(F)F)ccc2Cl)nnc1[C@H](C)NC(=O)c1ccc(C)cc1. The number of carbonyl (C=O) groups excluding carboxylic acids is 2. The average Bonchev–Trinajstić information content (AvgIpc) is 3.21. The highest BCUT2D eigenvalue weighted by Gasteiger charge is 2.31. The van der Waals surface area contributed by atoms with Gasteiger partial charge in [0.1, 0.15) is 0 Å². The molecule has 36 heavy (non-hydrogen) atoms. The fraction of sp³-hybridized carbons (Fsp3) is 0.250. The second kappa shape index (κ2) is 11.6. The zero-order valence-corrected chi connectivity index (χ0v) is 21.0. The molecule has 0 spiro atoms. The number of nitrogens with one attached hydrogen (secondary N) is 2. The fourth-order valence-electron chi connectivity index (χ4n) is 3.19. The Labute approximate surface area is 215 Å². The third-order valence-corrected chi connectivity index (χ3v) is 6.30. The molecule has 3 rings (SSSR count). The molecule has 0 saturated carbocycles. The molecule has 1 aromatic heterocycles. The first-order chi connectivity index (χ1) is 17.0. The summed E-state index contributed by atoms with van der Waals surface area (Å²) >= 11 is 6.98. The van der Waals surface area contributed by atoms with Crippen LogP contribution < -0.4 is 10.6 Å². The molecule has 0 radical (unpaired) electrons. The summed E-state index contributed by atoms with van der Waals surface area (Å²) in [7, 11) is 0. The van der Waals surface area contributed by atoms with E-state index in [1.165, 1.54) is 0 Å². The lowest BCUT2D eigenvalue weighted by atomic mass is 10.1. The maximum absolute atomic E-state index is 13.0. The Morgan fingerprint density at radius 2 is 1.89 bits per heavy atom. The van der Waals surface area contributed by atoms with E-state index < -0.39 is 23.7 Å². The van der Waals surface area contributed by atoms with E-state index in [1.807, 2.05) is 19.1 Å². The molecule has 12 heteroatoms. The van der Waals surface area contributed by atoms with E-state index in [2.05, 4.69) is 27.4 Å². The molecule has 0 aliphatic rings. The van der Waals surface area contributed by atoms with Crippen molar-refractivity contribution in [1.29, 1.82) is 0 Å². The number of amides is 2. The van der Waals surface area contributed by atoms with E-state index in [-0.39, 0.29) is 22.4 Å². The molecule has 1 atom stereocenters. The molecule has 0 bridgehead atoms. The van der Waals surface area contributed by atoms with E-state index in [0.717, 1.165) is 35.5 Å². The number of allylic oxidation sites excluding steroid dienone is 1. The Balaban J connectivity index is 1.68. The van der Waals surface area contributed by atoms with Gasteiger partial charge in [-0.3, -0.25) is 9.59 Å². The van der Waals surface area contributed by atoms with Gasteiger partial charge in [0.15, 0.2) is 11.0 Å². The van der Waals surface area contributed by atoms with Gasteiger partial charge in [-0.25, -0.2) is 0 Å². The van der Waals surface area contributed by atoms with Gasteiger partial charge < -0.3 is 15.2 Å². The van der Waals surface area contributed by atoms with Crippen LogP contribution in [0.2, 0.25) is 5.02 Å². The maximum atomic E-state index is 13.0. The first kappa shape index (κ1) is 27.3. The molecule has 2 aromatic carbocycles. The van der Waals surface area contributed by atoms with Gasteiger partial charge in [0.2, 0.25) is 5.91 Å². The Morgan fingerprint density at radius 3 is 2.53 bits per heavy atom.